The van der Waals surface area contributed by atoms with E-state index in [1.54, 1.807) is 0 Å². The molecule has 0 spiro atoms. The quantitative estimate of drug-likeness (QED) is 0.0283. The van der Waals surface area contributed by atoms with E-state index in [2.05, 4.69) is 38.2 Å². The molecule has 0 bridgehead atoms. The van der Waals surface area contributed by atoms with Crippen LogP contribution in [-0.2, 0) is 27.9 Å². The highest BCUT2D eigenvalue weighted by atomic mass is 31.2. The van der Waals surface area contributed by atoms with Gasteiger partial charge in [0.1, 0.15) is 6.10 Å². The minimum atomic E-state index is -4.26. The lowest BCUT2D eigenvalue weighted by atomic mass is 10.1. The molecule has 48 heavy (non-hydrogen) atoms. The van der Waals surface area contributed by atoms with Gasteiger partial charge in [-0.15, -0.1) is 0 Å². The van der Waals surface area contributed by atoms with Gasteiger partial charge in [-0.1, -0.05) is 154 Å². The Bertz CT molecular complexity index is 792. The van der Waals surface area contributed by atoms with E-state index in [4.69, 9.17) is 24.3 Å². The van der Waals surface area contributed by atoms with Gasteiger partial charge in [-0.05, 0) is 44.9 Å². The Balaban J connectivity index is 3.96. The van der Waals surface area contributed by atoms with Crippen LogP contribution in [-0.4, -0.2) is 49.9 Å². The standard InChI is InChI=1S/C39H76NO7P/c1-3-5-7-9-11-13-14-15-16-17-18-19-20-21-22-23-24-25-26-28-30-32-39(41)47-38(37-46-48(42,43)45-35-33-40)36-44-34-31-29-27-12-10-8-6-4-2/h14-15,17-18,38H,3-13,16,19-37,40H2,1-2H3,(H,42,43)/b15-14-,18-17-. The normalized spacial score (nSPS) is 13.8. The van der Waals surface area contributed by atoms with Gasteiger partial charge in [0.2, 0.25) is 0 Å². The van der Waals surface area contributed by atoms with Crippen molar-refractivity contribution in [3.63, 3.8) is 0 Å². The summed E-state index contributed by atoms with van der Waals surface area (Å²) in [6.45, 7) is 4.89. The van der Waals surface area contributed by atoms with Crippen molar-refractivity contribution in [1.82, 2.24) is 0 Å². The molecule has 0 aromatic heterocycles. The van der Waals surface area contributed by atoms with Gasteiger partial charge in [0.25, 0.3) is 0 Å². The lowest BCUT2D eigenvalue weighted by molar-refractivity contribution is -0.154. The molecule has 9 heteroatoms. The molecule has 8 nitrogen and oxygen atoms in total. The smallest absolute Gasteiger partial charge is 0.457 e. The largest absolute Gasteiger partial charge is 0.472 e. The molecular formula is C39H76NO7P. The first-order chi connectivity index (χ1) is 23.4. The molecule has 0 amide bonds. The molecule has 2 unspecified atom stereocenters. The minimum absolute atomic E-state index is 0.0948. The van der Waals surface area contributed by atoms with Crippen molar-refractivity contribution in [2.75, 3.05) is 33.0 Å². The first kappa shape index (κ1) is 47.0. The van der Waals surface area contributed by atoms with E-state index < -0.39 is 13.9 Å². The lowest BCUT2D eigenvalue weighted by Gasteiger charge is -2.20. The molecule has 0 aliphatic carbocycles. The van der Waals surface area contributed by atoms with Crippen LogP contribution in [0.2, 0.25) is 0 Å². The molecule has 0 rings (SSSR count). The number of rotatable bonds is 38. The fourth-order valence-electron chi connectivity index (χ4n) is 5.44. The summed E-state index contributed by atoms with van der Waals surface area (Å²) in [5.74, 6) is -0.335. The van der Waals surface area contributed by atoms with E-state index in [0.29, 0.717) is 13.0 Å². The van der Waals surface area contributed by atoms with Crippen LogP contribution in [0.25, 0.3) is 0 Å². The van der Waals surface area contributed by atoms with Gasteiger partial charge in [-0.25, -0.2) is 4.57 Å². The number of carbonyl (C=O) groups is 1. The zero-order chi connectivity index (χ0) is 35.2. The fourth-order valence-corrected chi connectivity index (χ4v) is 6.20. The van der Waals surface area contributed by atoms with Crippen molar-refractivity contribution in [2.45, 2.75) is 187 Å². The van der Waals surface area contributed by atoms with Crippen LogP contribution in [0.1, 0.15) is 181 Å². The molecule has 0 aliphatic rings. The Labute approximate surface area is 296 Å². The fraction of sp³-hybridized carbons (Fsp3) is 0.872. The van der Waals surface area contributed by atoms with E-state index >= 15 is 0 Å². The van der Waals surface area contributed by atoms with Crippen LogP contribution >= 0.6 is 7.82 Å². The average molecular weight is 702 g/mol. The van der Waals surface area contributed by atoms with Crippen LogP contribution in [0, 0.1) is 0 Å². The number of ether oxygens (including phenoxy) is 2. The molecule has 284 valence electrons. The van der Waals surface area contributed by atoms with Gasteiger partial charge < -0.3 is 20.1 Å². The Morgan fingerprint density at radius 1 is 0.625 bits per heavy atom. The maximum Gasteiger partial charge on any atom is 0.472 e. The number of unbranched alkanes of at least 4 members (excludes halogenated alkanes) is 21. The summed E-state index contributed by atoms with van der Waals surface area (Å²) >= 11 is 0. The summed E-state index contributed by atoms with van der Waals surface area (Å²) in [5, 5.41) is 0. The molecule has 0 fully saturated rings. The second-order valence-electron chi connectivity index (χ2n) is 13.1. The Kier molecular flexibility index (Phi) is 36.4. The predicted molar refractivity (Wildman–Crippen MR) is 201 cm³/mol. The number of allylic oxidation sites excluding steroid dienone is 4. The third-order valence-corrected chi connectivity index (χ3v) is 9.36. The van der Waals surface area contributed by atoms with Crippen molar-refractivity contribution in [3.8, 4) is 0 Å². The monoisotopic (exact) mass is 702 g/mol. The highest BCUT2D eigenvalue weighted by molar-refractivity contribution is 7.47. The van der Waals surface area contributed by atoms with Crippen molar-refractivity contribution in [3.05, 3.63) is 24.3 Å². The summed E-state index contributed by atoms with van der Waals surface area (Å²) < 4.78 is 33.2. The summed E-state index contributed by atoms with van der Waals surface area (Å²) in [7, 11) is -4.26. The molecule has 2 atom stereocenters. The van der Waals surface area contributed by atoms with Gasteiger partial charge in [0, 0.05) is 19.6 Å². The van der Waals surface area contributed by atoms with Gasteiger partial charge in [0.05, 0.1) is 19.8 Å². The van der Waals surface area contributed by atoms with Gasteiger partial charge >= 0.3 is 13.8 Å². The number of hydrogen-bond donors (Lipinski definition) is 2. The topological polar surface area (TPSA) is 117 Å². The van der Waals surface area contributed by atoms with Crippen molar-refractivity contribution in [1.29, 1.82) is 0 Å². The van der Waals surface area contributed by atoms with E-state index in [-0.39, 0.29) is 32.3 Å². The van der Waals surface area contributed by atoms with Crippen LogP contribution in [0.3, 0.4) is 0 Å². The van der Waals surface area contributed by atoms with Crippen molar-refractivity contribution < 1.29 is 32.8 Å². The zero-order valence-electron chi connectivity index (χ0n) is 31.2. The average Bonchev–Trinajstić information content (AvgIpc) is 3.07. The Hall–Kier alpha value is -1.02. The predicted octanol–water partition coefficient (Wildman–Crippen LogP) is 11.3. The Morgan fingerprint density at radius 2 is 1.10 bits per heavy atom. The number of phosphoric ester groups is 1. The highest BCUT2D eigenvalue weighted by Gasteiger charge is 2.25. The first-order valence-corrected chi connectivity index (χ1v) is 21.3. The number of hydrogen-bond acceptors (Lipinski definition) is 7. The van der Waals surface area contributed by atoms with Crippen molar-refractivity contribution >= 4 is 13.8 Å². The second-order valence-corrected chi connectivity index (χ2v) is 14.6. The first-order valence-electron chi connectivity index (χ1n) is 19.8. The molecule has 0 aromatic rings. The third kappa shape index (κ3) is 36.3. The Morgan fingerprint density at radius 3 is 1.62 bits per heavy atom. The number of phosphoric acid groups is 1. The van der Waals surface area contributed by atoms with Gasteiger partial charge in [-0.2, -0.15) is 0 Å². The summed E-state index contributed by atoms with van der Waals surface area (Å²) in [6, 6.07) is 0. The molecule has 0 heterocycles. The van der Waals surface area contributed by atoms with Crippen LogP contribution in [0.4, 0.5) is 0 Å². The lowest BCUT2D eigenvalue weighted by Crippen LogP contribution is -2.28. The number of carbonyl (C=O) groups excluding carboxylic acids is 1. The van der Waals surface area contributed by atoms with Crippen LogP contribution in [0.5, 0.6) is 0 Å². The van der Waals surface area contributed by atoms with E-state index in [0.717, 1.165) is 38.5 Å². The number of esters is 1. The van der Waals surface area contributed by atoms with E-state index in [1.165, 1.54) is 122 Å². The second kappa shape index (κ2) is 37.2. The number of nitrogens with two attached hydrogens (primary N) is 1. The third-order valence-electron chi connectivity index (χ3n) is 8.37. The van der Waals surface area contributed by atoms with Gasteiger partial charge in [0.15, 0.2) is 0 Å². The van der Waals surface area contributed by atoms with Gasteiger partial charge in [-0.3, -0.25) is 13.8 Å². The highest BCUT2D eigenvalue weighted by Crippen LogP contribution is 2.43. The summed E-state index contributed by atoms with van der Waals surface area (Å²) in [5.41, 5.74) is 5.34. The molecular weight excluding hydrogens is 625 g/mol. The van der Waals surface area contributed by atoms with Crippen LogP contribution in [0.15, 0.2) is 24.3 Å². The molecule has 0 aromatic carbocycles. The zero-order valence-corrected chi connectivity index (χ0v) is 32.1. The van der Waals surface area contributed by atoms with Crippen LogP contribution < -0.4 is 5.73 Å². The molecule has 0 radical (unpaired) electrons. The van der Waals surface area contributed by atoms with E-state index in [1.807, 2.05) is 0 Å². The molecule has 0 aliphatic heterocycles. The maximum absolute atomic E-state index is 12.5. The SMILES string of the molecule is CCCCCCC/C=C\C/C=C\CCCCCCCCCCCC(=O)OC(COCCCCCCCCCC)COP(=O)(O)OCCN. The molecule has 0 saturated carbocycles. The molecule has 0 saturated heterocycles. The summed E-state index contributed by atoms with van der Waals surface area (Å²) in [4.78, 5) is 22.3. The van der Waals surface area contributed by atoms with Crippen molar-refractivity contribution in [2.24, 2.45) is 5.73 Å². The van der Waals surface area contributed by atoms with E-state index in [9.17, 15) is 14.3 Å². The molecule has 3 N–H and O–H groups in total. The maximum atomic E-state index is 12.5. The summed E-state index contributed by atoms with van der Waals surface area (Å²) in [6.07, 6.45) is 39.1. The minimum Gasteiger partial charge on any atom is -0.457 e.